The molecule has 0 atom stereocenters. The van der Waals surface area contributed by atoms with Crippen LogP contribution < -0.4 is 9.47 Å². The maximum atomic E-state index is 13.6. The lowest BCUT2D eigenvalue weighted by Crippen LogP contribution is -2.21. The molecule has 0 aliphatic carbocycles. The number of amides is 1. The molecule has 0 N–H and O–H groups in total. The van der Waals surface area contributed by atoms with Gasteiger partial charge in [-0.25, -0.2) is 16.8 Å². The number of sulfone groups is 2. The molecule has 41 heavy (non-hydrogen) atoms. The standard InChI is InChI=1S/C31H31NO7S2/c1-32(2)31(33)26-11-6-10-24(17-26)25-14-15-29(39-4)30(18-25)41(36,37)21-23-9-5-8-22(16-23)20-40(34,35)28-13-7-12-27(19-28)38-3/h5-19H,20-21H2,1-4H3. The lowest BCUT2D eigenvalue weighted by atomic mass is 10.0. The van der Waals surface area contributed by atoms with E-state index in [9.17, 15) is 21.6 Å². The monoisotopic (exact) mass is 593 g/mol. The van der Waals surface area contributed by atoms with Crippen LogP contribution in [0.25, 0.3) is 11.1 Å². The van der Waals surface area contributed by atoms with Gasteiger partial charge < -0.3 is 14.4 Å². The Balaban J connectivity index is 1.63. The normalized spacial score (nSPS) is 11.6. The van der Waals surface area contributed by atoms with Crippen molar-refractivity contribution in [3.05, 3.63) is 108 Å². The van der Waals surface area contributed by atoms with E-state index in [0.29, 0.717) is 33.6 Å². The number of ether oxygens (including phenoxy) is 2. The highest BCUT2D eigenvalue weighted by Crippen LogP contribution is 2.33. The van der Waals surface area contributed by atoms with Gasteiger partial charge in [0.2, 0.25) is 0 Å². The molecule has 0 unspecified atom stereocenters. The summed E-state index contributed by atoms with van der Waals surface area (Å²) in [6.07, 6.45) is 0. The molecular weight excluding hydrogens is 562 g/mol. The lowest BCUT2D eigenvalue weighted by Gasteiger charge is -2.14. The van der Waals surface area contributed by atoms with Gasteiger partial charge in [-0.2, -0.15) is 0 Å². The minimum Gasteiger partial charge on any atom is -0.497 e. The van der Waals surface area contributed by atoms with Crippen LogP contribution in [0.2, 0.25) is 0 Å². The van der Waals surface area contributed by atoms with Crippen molar-refractivity contribution in [3.8, 4) is 22.6 Å². The van der Waals surface area contributed by atoms with Crippen LogP contribution in [-0.4, -0.2) is 56.0 Å². The summed E-state index contributed by atoms with van der Waals surface area (Å²) in [4.78, 5) is 14.0. The molecule has 0 heterocycles. The van der Waals surface area contributed by atoms with Crippen molar-refractivity contribution in [1.82, 2.24) is 4.90 Å². The van der Waals surface area contributed by atoms with Gasteiger partial charge in [0.15, 0.2) is 19.7 Å². The summed E-state index contributed by atoms with van der Waals surface area (Å²) < 4.78 is 63.9. The third-order valence-electron chi connectivity index (χ3n) is 6.45. The maximum absolute atomic E-state index is 13.6. The van der Waals surface area contributed by atoms with Crippen LogP contribution in [0.3, 0.4) is 0 Å². The van der Waals surface area contributed by atoms with E-state index in [1.165, 1.54) is 37.3 Å². The van der Waals surface area contributed by atoms with Gasteiger partial charge in [0.05, 0.1) is 30.6 Å². The molecule has 0 aromatic heterocycles. The summed E-state index contributed by atoms with van der Waals surface area (Å²) in [5.74, 6) is -0.209. The maximum Gasteiger partial charge on any atom is 0.253 e. The van der Waals surface area contributed by atoms with E-state index in [1.807, 2.05) is 0 Å². The van der Waals surface area contributed by atoms with Crippen LogP contribution >= 0.6 is 0 Å². The van der Waals surface area contributed by atoms with Gasteiger partial charge in [-0.05, 0) is 64.7 Å². The highest BCUT2D eigenvalue weighted by Gasteiger charge is 2.23. The van der Waals surface area contributed by atoms with Crippen molar-refractivity contribution in [2.45, 2.75) is 21.3 Å². The Morgan fingerprint density at radius 2 is 1.32 bits per heavy atom. The van der Waals surface area contributed by atoms with Gasteiger partial charge in [0.1, 0.15) is 16.4 Å². The Kier molecular flexibility index (Phi) is 8.84. The number of rotatable bonds is 10. The molecule has 0 bridgehead atoms. The van der Waals surface area contributed by atoms with Crippen molar-refractivity contribution in [3.63, 3.8) is 0 Å². The summed E-state index contributed by atoms with van der Waals surface area (Å²) in [5.41, 5.74) is 2.67. The molecule has 8 nitrogen and oxygen atoms in total. The van der Waals surface area contributed by atoms with E-state index in [-0.39, 0.29) is 33.0 Å². The van der Waals surface area contributed by atoms with Crippen LogP contribution in [0.4, 0.5) is 0 Å². The Labute approximate surface area is 241 Å². The van der Waals surface area contributed by atoms with Gasteiger partial charge in [-0.3, -0.25) is 4.79 Å². The smallest absolute Gasteiger partial charge is 0.253 e. The minimum absolute atomic E-state index is 0.00348. The summed E-state index contributed by atoms with van der Waals surface area (Å²) in [7, 11) is -1.43. The molecule has 214 valence electrons. The summed E-state index contributed by atoms with van der Waals surface area (Å²) in [6, 6.07) is 24.6. The number of methoxy groups -OCH3 is 2. The predicted molar refractivity (Wildman–Crippen MR) is 158 cm³/mol. The number of hydrogen-bond donors (Lipinski definition) is 0. The minimum atomic E-state index is -3.91. The zero-order valence-corrected chi connectivity index (χ0v) is 24.8. The largest absolute Gasteiger partial charge is 0.497 e. The molecule has 0 spiro atoms. The van der Waals surface area contributed by atoms with Crippen LogP contribution in [0.5, 0.6) is 11.5 Å². The molecular formula is C31H31NO7S2. The summed E-state index contributed by atoms with van der Waals surface area (Å²) >= 11 is 0. The number of benzene rings is 4. The molecule has 4 aromatic rings. The second kappa shape index (κ2) is 12.2. The van der Waals surface area contributed by atoms with Gasteiger partial charge in [-0.15, -0.1) is 0 Å². The third kappa shape index (κ3) is 6.96. The zero-order valence-electron chi connectivity index (χ0n) is 23.2. The number of hydrogen-bond acceptors (Lipinski definition) is 7. The molecule has 0 saturated heterocycles. The van der Waals surface area contributed by atoms with Crippen molar-refractivity contribution < 1.29 is 31.1 Å². The fourth-order valence-electron chi connectivity index (χ4n) is 4.39. The molecule has 4 rings (SSSR count). The predicted octanol–water partition coefficient (Wildman–Crippen LogP) is 5.02. The highest BCUT2D eigenvalue weighted by molar-refractivity contribution is 7.91. The molecule has 0 aliphatic heterocycles. The van der Waals surface area contributed by atoms with Crippen LogP contribution in [0, 0.1) is 0 Å². The third-order valence-corrected chi connectivity index (χ3v) is 9.84. The van der Waals surface area contributed by atoms with E-state index in [2.05, 4.69) is 0 Å². The second-order valence-corrected chi connectivity index (χ2v) is 13.6. The van der Waals surface area contributed by atoms with Crippen LogP contribution in [0.15, 0.2) is 101 Å². The fourth-order valence-corrected chi connectivity index (χ4v) is 7.30. The number of nitrogens with zero attached hydrogens (tertiary/aromatic N) is 1. The first-order valence-corrected chi connectivity index (χ1v) is 15.9. The zero-order chi connectivity index (χ0) is 29.8. The van der Waals surface area contributed by atoms with Gasteiger partial charge >= 0.3 is 0 Å². The Morgan fingerprint density at radius 1 is 0.683 bits per heavy atom. The summed E-state index contributed by atoms with van der Waals surface area (Å²) in [6.45, 7) is 0. The van der Waals surface area contributed by atoms with E-state index >= 15 is 0 Å². The molecule has 1 amide bonds. The average Bonchev–Trinajstić information content (AvgIpc) is 2.96. The van der Waals surface area contributed by atoms with E-state index in [1.54, 1.807) is 86.9 Å². The topological polar surface area (TPSA) is 107 Å². The van der Waals surface area contributed by atoms with E-state index in [0.717, 1.165) is 0 Å². The quantitative estimate of drug-likeness (QED) is 0.254. The van der Waals surface area contributed by atoms with Gasteiger partial charge in [0, 0.05) is 19.7 Å². The average molecular weight is 594 g/mol. The summed E-state index contributed by atoms with van der Waals surface area (Å²) in [5, 5.41) is 0. The molecule has 10 heteroatoms. The Hall–Kier alpha value is -4.15. The van der Waals surface area contributed by atoms with Crippen molar-refractivity contribution in [1.29, 1.82) is 0 Å². The molecule has 0 saturated carbocycles. The van der Waals surface area contributed by atoms with Crippen molar-refractivity contribution in [2.75, 3.05) is 28.3 Å². The second-order valence-electron chi connectivity index (χ2n) is 9.66. The molecule has 0 fully saturated rings. The lowest BCUT2D eigenvalue weighted by molar-refractivity contribution is 0.0827. The van der Waals surface area contributed by atoms with Gasteiger partial charge in [-0.1, -0.05) is 48.5 Å². The Bertz CT molecular complexity index is 1800. The van der Waals surface area contributed by atoms with Gasteiger partial charge in [0.25, 0.3) is 5.91 Å². The molecule has 4 aromatic carbocycles. The van der Waals surface area contributed by atoms with E-state index in [4.69, 9.17) is 9.47 Å². The van der Waals surface area contributed by atoms with Crippen molar-refractivity contribution in [2.24, 2.45) is 0 Å². The van der Waals surface area contributed by atoms with E-state index < -0.39 is 19.7 Å². The Morgan fingerprint density at radius 3 is 1.98 bits per heavy atom. The van der Waals surface area contributed by atoms with Crippen LogP contribution in [0.1, 0.15) is 21.5 Å². The van der Waals surface area contributed by atoms with Crippen molar-refractivity contribution >= 4 is 25.6 Å². The first-order chi connectivity index (χ1) is 19.4. The molecule has 0 radical (unpaired) electrons. The number of carbonyl (C=O) groups is 1. The van der Waals surface area contributed by atoms with Crippen LogP contribution in [-0.2, 0) is 31.2 Å². The highest BCUT2D eigenvalue weighted by atomic mass is 32.2. The fraction of sp³-hybridized carbons (Fsp3) is 0.194. The molecule has 0 aliphatic rings. The SMILES string of the molecule is COc1cccc(S(=O)(=O)Cc2cccc(CS(=O)(=O)c3cc(-c4cccc(C(=O)N(C)C)c4)ccc3OC)c2)c1. The first kappa shape index (κ1) is 29.8. The first-order valence-electron chi connectivity index (χ1n) is 12.6. The number of carbonyl (C=O) groups excluding carboxylic acids is 1.